The molecule has 5 nitrogen and oxygen atoms in total. The predicted octanol–water partition coefficient (Wildman–Crippen LogP) is 2.22. The Bertz CT molecular complexity index is 657. The second-order valence-corrected chi connectivity index (χ2v) is 4.28. The molecule has 2 N–H and O–H groups in total. The average Bonchev–Trinajstić information content (AvgIpc) is 2.88. The average molecular weight is 251 g/mol. The molecule has 2 aromatic heterocycles. The van der Waals surface area contributed by atoms with Crippen LogP contribution in [0, 0.1) is 6.92 Å². The number of hydrogen-bond acceptors (Lipinski definition) is 4. The number of rotatable bonds is 2. The summed E-state index contributed by atoms with van der Waals surface area (Å²) < 4.78 is 1.66. The highest BCUT2D eigenvalue weighted by Gasteiger charge is 2.06. The molecule has 94 valence electrons. The molecule has 0 unspecified atom stereocenters. The van der Waals surface area contributed by atoms with Gasteiger partial charge in [0.05, 0.1) is 0 Å². The van der Waals surface area contributed by atoms with E-state index in [2.05, 4.69) is 15.1 Å². The monoisotopic (exact) mass is 251 g/mol. The summed E-state index contributed by atoms with van der Waals surface area (Å²) in [5.74, 6) is 1.39. The minimum Gasteiger partial charge on any atom is -0.399 e. The summed E-state index contributed by atoms with van der Waals surface area (Å²) in [5.41, 5.74) is 8.29. The normalized spacial score (nSPS) is 10.6. The van der Waals surface area contributed by atoms with Crippen molar-refractivity contribution in [3.8, 4) is 17.2 Å². The molecular weight excluding hydrogens is 238 g/mol. The Labute approximate surface area is 110 Å². The van der Waals surface area contributed by atoms with Crippen LogP contribution in [-0.4, -0.2) is 19.7 Å². The number of aryl methyl sites for hydroxylation is 1. The van der Waals surface area contributed by atoms with Crippen LogP contribution in [0.4, 0.5) is 5.69 Å². The lowest BCUT2D eigenvalue weighted by Crippen LogP contribution is -1.99. The molecule has 0 saturated carbocycles. The van der Waals surface area contributed by atoms with Crippen LogP contribution >= 0.6 is 0 Å². The third kappa shape index (κ3) is 2.30. The van der Waals surface area contributed by atoms with Crippen molar-refractivity contribution in [2.24, 2.45) is 0 Å². The van der Waals surface area contributed by atoms with Gasteiger partial charge in [0.25, 0.3) is 0 Å². The standard InChI is InChI=1S/C14H13N5/c1-10-4-2-7-13(17-10)19-9-16-14(18-19)11-5-3-6-12(15)8-11/h2-9H,15H2,1H3. The molecule has 0 fully saturated rings. The molecule has 0 aliphatic heterocycles. The third-order valence-electron chi connectivity index (χ3n) is 2.75. The van der Waals surface area contributed by atoms with E-state index in [1.54, 1.807) is 11.0 Å². The summed E-state index contributed by atoms with van der Waals surface area (Å²) in [6.07, 6.45) is 1.65. The smallest absolute Gasteiger partial charge is 0.181 e. The Kier molecular flexibility index (Phi) is 2.72. The lowest BCUT2D eigenvalue weighted by molar-refractivity contribution is 0.842. The molecule has 0 aliphatic carbocycles. The first-order valence-electron chi connectivity index (χ1n) is 5.94. The van der Waals surface area contributed by atoms with E-state index in [0.717, 1.165) is 17.1 Å². The summed E-state index contributed by atoms with van der Waals surface area (Å²) >= 11 is 0. The highest BCUT2D eigenvalue weighted by Crippen LogP contribution is 2.17. The molecule has 0 aliphatic rings. The van der Waals surface area contributed by atoms with Gasteiger partial charge in [-0.2, -0.15) is 0 Å². The number of nitrogens with two attached hydrogens (primary N) is 1. The lowest BCUT2D eigenvalue weighted by atomic mass is 10.2. The van der Waals surface area contributed by atoms with Crippen molar-refractivity contribution in [1.29, 1.82) is 0 Å². The van der Waals surface area contributed by atoms with Crippen LogP contribution in [0.5, 0.6) is 0 Å². The maximum Gasteiger partial charge on any atom is 0.181 e. The van der Waals surface area contributed by atoms with Crippen molar-refractivity contribution in [3.63, 3.8) is 0 Å². The van der Waals surface area contributed by atoms with Crippen LogP contribution in [0.3, 0.4) is 0 Å². The van der Waals surface area contributed by atoms with E-state index in [-0.39, 0.29) is 0 Å². The first kappa shape index (κ1) is 11.4. The molecule has 1 aromatic carbocycles. The van der Waals surface area contributed by atoms with Crippen LogP contribution in [0.1, 0.15) is 5.69 Å². The topological polar surface area (TPSA) is 69.6 Å². The maximum absolute atomic E-state index is 5.76. The summed E-state index contributed by atoms with van der Waals surface area (Å²) in [4.78, 5) is 8.69. The fourth-order valence-electron chi connectivity index (χ4n) is 1.84. The second-order valence-electron chi connectivity index (χ2n) is 4.28. The molecular formula is C14H13N5. The van der Waals surface area contributed by atoms with Gasteiger partial charge in [0, 0.05) is 16.9 Å². The Balaban J connectivity index is 2.00. The first-order valence-corrected chi connectivity index (χ1v) is 5.94. The number of anilines is 1. The summed E-state index contributed by atoms with van der Waals surface area (Å²) in [6.45, 7) is 1.94. The Morgan fingerprint density at radius 1 is 1.11 bits per heavy atom. The number of aromatic nitrogens is 4. The van der Waals surface area contributed by atoms with Crippen molar-refractivity contribution >= 4 is 5.69 Å². The van der Waals surface area contributed by atoms with E-state index in [1.807, 2.05) is 49.4 Å². The lowest BCUT2D eigenvalue weighted by Gasteiger charge is -2.00. The molecule has 3 aromatic rings. The van der Waals surface area contributed by atoms with E-state index in [4.69, 9.17) is 5.73 Å². The highest BCUT2D eigenvalue weighted by molar-refractivity contribution is 5.60. The van der Waals surface area contributed by atoms with Gasteiger partial charge in [-0.25, -0.2) is 14.6 Å². The minimum atomic E-state index is 0.635. The predicted molar refractivity (Wildman–Crippen MR) is 73.7 cm³/mol. The van der Waals surface area contributed by atoms with E-state index in [1.165, 1.54) is 0 Å². The van der Waals surface area contributed by atoms with E-state index in [0.29, 0.717) is 11.5 Å². The van der Waals surface area contributed by atoms with Gasteiger partial charge in [0.2, 0.25) is 0 Å². The number of nitrogens with zero attached hydrogens (tertiary/aromatic N) is 4. The van der Waals surface area contributed by atoms with Crippen LogP contribution in [0.15, 0.2) is 48.8 Å². The molecule has 0 radical (unpaired) electrons. The third-order valence-corrected chi connectivity index (χ3v) is 2.75. The van der Waals surface area contributed by atoms with Crippen LogP contribution in [0.25, 0.3) is 17.2 Å². The number of benzene rings is 1. The molecule has 5 heteroatoms. The molecule has 0 atom stereocenters. The zero-order valence-corrected chi connectivity index (χ0v) is 10.5. The Hall–Kier alpha value is -2.69. The van der Waals surface area contributed by atoms with Crippen molar-refractivity contribution in [2.75, 3.05) is 5.73 Å². The Morgan fingerprint density at radius 2 is 1.95 bits per heavy atom. The van der Waals surface area contributed by atoms with Gasteiger partial charge in [-0.05, 0) is 31.2 Å². The first-order chi connectivity index (χ1) is 9.22. The molecule has 2 heterocycles. The van der Waals surface area contributed by atoms with Crippen molar-refractivity contribution in [1.82, 2.24) is 19.7 Å². The van der Waals surface area contributed by atoms with E-state index >= 15 is 0 Å². The maximum atomic E-state index is 5.76. The fraction of sp³-hybridized carbons (Fsp3) is 0.0714. The van der Waals surface area contributed by atoms with Crippen molar-refractivity contribution in [3.05, 3.63) is 54.5 Å². The zero-order valence-electron chi connectivity index (χ0n) is 10.5. The van der Waals surface area contributed by atoms with Crippen molar-refractivity contribution in [2.45, 2.75) is 6.92 Å². The number of nitrogen functional groups attached to an aromatic ring is 1. The van der Waals surface area contributed by atoms with Gasteiger partial charge in [0.15, 0.2) is 11.6 Å². The van der Waals surface area contributed by atoms with Gasteiger partial charge in [0.1, 0.15) is 6.33 Å². The molecule has 0 amide bonds. The van der Waals surface area contributed by atoms with Gasteiger partial charge >= 0.3 is 0 Å². The van der Waals surface area contributed by atoms with E-state index < -0.39 is 0 Å². The van der Waals surface area contributed by atoms with E-state index in [9.17, 15) is 0 Å². The van der Waals surface area contributed by atoms with Crippen LogP contribution in [0.2, 0.25) is 0 Å². The molecule has 3 rings (SSSR count). The molecule has 0 bridgehead atoms. The van der Waals surface area contributed by atoms with Crippen molar-refractivity contribution < 1.29 is 0 Å². The number of pyridine rings is 1. The van der Waals surface area contributed by atoms with Crippen LogP contribution < -0.4 is 5.73 Å². The Morgan fingerprint density at radius 3 is 2.74 bits per heavy atom. The van der Waals surface area contributed by atoms with Crippen LogP contribution in [-0.2, 0) is 0 Å². The molecule has 0 saturated heterocycles. The number of hydrogen-bond donors (Lipinski definition) is 1. The fourth-order valence-corrected chi connectivity index (χ4v) is 1.84. The van der Waals surface area contributed by atoms with Gasteiger partial charge in [-0.3, -0.25) is 0 Å². The molecule has 19 heavy (non-hydrogen) atoms. The quantitative estimate of drug-likeness (QED) is 0.709. The molecule has 0 spiro atoms. The zero-order chi connectivity index (χ0) is 13.2. The van der Waals surface area contributed by atoms with Gasteiger partial charge in [-0.15, -0.1) is 5.10 Å². The summed E-state index contributed by atoms with van der Waals surface area (Å²) in [5, 5.41) is 4.42. The summed E-state index contributed by atoms with van der Waals surface area (Å²) in [7, 11) is 0. The summed E-state index contributed by atoms with van der Waals surface area (Å²) in [6, 6.07) is 13.3. The van der Waals surface area contributed by atoms with Gasteiger partial charge < -0.3 is 5.73 Å². The SMILES string of the molecule is Cc1cccc(-n2cnc(-c3cccc(N)c3)n2)n1. The highest BCUT2D eigenvalue weighted by atomic mass is 15.4. The largest absolute Gasteiger partial charge is 0.399 e. The minimum absolute atomic E-state index is 0.635. The second kappa shape index (κ2) is 4.53. The van der Waals surface area contributed by atoms with Gasteiger partial charge in [-0.1, -0.05) is 18.2 Å².